The van der Waals surface area contributed by atoms with E-state index in [0.717, 1.165) is 5.69 Å². The first kappa shape index (κ1) is 11.5. The Bertz CT molecular complexity index is 465. The Kier molecular flexibility index (Phi) is 3.32. The molecular formula is C13H16N4. The largest absolute Gasteiger partial charge is 0.308 e. The van der Waals surface area contributed by atoms with Crippen molar-refractivity contribution in [2.75, 3.05) is 4.90 Å². The quantitative estimate of drug-likeness (QED) is 0.810. The van der Waals surface area contributed by atoms with Crippen LogP contribution in [-0.2, 0) is 0 Å². The fourth-order valence-corrected chi connectivity index (χ4v) is 1.71. The van der Waals surface area contributed by atoms with Gasteiger partial charge in [0.05, 0.1) is 0 Å². The van der Waals surface area contributed by atoms with Crippen LogP contribution < -0.4 is 4.90 Å². The van der Waals surface area contributed by atoms with Gasteiger partial charge in [-0.2, -0.15) is 0 Å². The summed E-state index contributed by atoms with van der Waals surface area (Å²) in [6, 6.07) is 8.64. The van der Waals surface area contributed by atoms with E-state index in [1.165, 1.54) is 18.2 Å². The van der Waals surface area contributed by atoms with Gasteiger partial charge in [-0.1, -0.05) is 17.7 Å². The van der Waals surface area contributed by atoms with Crippen molar-refractivity contribution in [3.63, 3.8) is 0 Å². The Hall–Kier alpha value is -1.97. The minimum absolute atomic E-state index is 0.292. The molecule has 4 nitrogen and oxygen atoms in total. The molecule has 0 aliphatic rings. The minimum atomic E-state index is 0.292. The molecule has 0 aliphatic heterocycles. The van der Waals surface area contributed by atoms with Crippen LogP contribution in [0.5, 0.6) is 0 Å². The molecule has 0 amide bonds. The number of rotatable bonds is 3. The average Bonchev–Trinajstić information content (AvgIpc) is 2.33. The summed E-state index contributed by atoms with van der Waals surface area (Å²) in [6.45, 7) is 6.31. The predicted molar refractivity (Wildman–Crippen MR) is 68.3 cm³/mol. The number of benzene rings is 1. The van der Waals surface area contributed by atoms with Crippen LogP contribution in [0.15, 0.2) is 36.9 Å². The summed E-state index contributed by atoms with van der Waals surface area (Å²) in [5.74, 6) is 0.679. The predicted octanol–water partition coefficient (Wildman–Crippen LogP) is 2.73. The zero-order chi connectivity index (χ0) is 12.3. The van der Waals surface area contributed by atoms with Gasteiger partial charge in [-0.05, 0) is 32.9 Å². The van der Waals surface area contributed by atoms with Crippen molar-refractivity contribution in [3.05, 3.63) is 42.5 Å². The molecule has 0 spiro atoms. The van der Waals surface area contributed by atoms with Gasteiger partial charge in [-0.25, -0.2) is 15.0 Å². The van der Waals surface area contributed by atoms with Crippen molar-refractivity contribution < 1.29 is 0 Å². The summed E-state index contributed by atoms with van der Waals surface area (Å²) >= 11 is 0. The maximum Gasteiger partial charge on any atom is 0.233 e. The van der Waals surface area contributed by atoms with Gasteiger partial charge >= 0.3 is 0 Å². The first-order valence-corrected chi connectivity index (χ1v) is 5.66. The number of aromatic nitrogens is 3. The van der Waals surface area contributed by atoms with E-state index < -0.39 is 0 Å². The van der Waals surface area contributed by atoms with Crippen LogP contribution in [0.4, 0.5) is 11.6 Å². The summed E-state index contributed by atoms with van der Waals surface area (Å²) in [6.07, 6.45) is 3.04. The zero-order valence-corrected chi connectivity index (χ0v) is 10.3. The van der Waals surface area contributed by atoms with Crippen molar-refractivity contribution in [3.8, 4) is 0 Å². The molecule has 88 valence electrons. The van der Waals surface area contributed by atoms with Crippen LogP contribution >= 0.6 is 0 Å². The second-order valence-corrected chi connectivity index (χ2v) is 4.24. The maximum absolute atomic E-state index is 4.20. The van der Waals surface area contributed by atoms with Gasteiger partial charge < -0.3 is 4.90 Å². The number of anilines is 2. The van der Waals surface area contributed by atoms with Crippen LogP contribution in [0.25, 0.3) is 0 Å². The van der Waals surface area contributed by atoms with E-state index in [9.17, 15) is 0 Å². The molecule has 1 heterocycles. The highest BCUT2D eigenvalue weighted by molar-refractivity contribution is 5.58. The molecule has 0 N–H and O–H groups in total. The van der Waals surface area contributed by atoms with Crippen LogP contribution in [0.3, 0.4) is 0 Å². The molecule has 0 saturated heterocycles. The third kappa shape index (κ3) is 2.58. The molecule has 0 saturated carbocycles. The molecule has 4 heteroatoms. The van der Waals surface area contributed by atoms with E-state index >= 15 is 0 Å². The second-order valence-electron chi connectivity index (χ2n) is 4.24. The van der Waals surface area contributed by atoms with Crippen LogP contribution in [0, 0.1) is 6.92 Å². The summed E-state index contributed by atoms with van der Waals surface area (Å²) in [5, 5.41) is 0. The van der Waals surface area contributed by atoms with Crippen molar-refractivity contribution in [1.29, 1.82) is 0 Å². The SMILES string of the molecule is Cc1ccc(N(c2ncncn2)C(C)C)cc1. The van der Waals surface area contributed by atoms with Gasteiger partial charge in [-0.15, -0.1) is 0 Å². The van der Waals surface area contributed by atoms with Crippen molar-refractivity contribution >= 4 is 11.6 Å². The van der Waals surface area contributed by atoms with Gasteiger partial charge in [0.15, 0.2) is 0 Å². The molecule has 0 bridgehead atoms. The molecule has 17 heavy (non-hydrogen) atoms. The third-order valence-corrected chi connectivity index (χ3v) is 2.52. The van der Waals surface area contributed by atoms with Gasteiger partial charge in [-0.3, -0.25) is 0 Å². The topological polar surface area (TPSA) is 41.9 Å². The molecule has 1 aromatic heterocycles. The van der Waals surface area contributed by atoms with E-state index in [1.54, 1.807) is 0 Å². The molecule has 2 rings (SSSR count). The average molecular weight is 228 g/mol. The van der Waals surface area contributed by atoms with Crippen molar-refractivity contribution in [2.24, 2.45) is 0 Å². The molecular weight excluding hydrogens is 212 g/mol. The van der Waals surface area contributed by atoms with Gasteiger partial charge in [0, 0.05) is 11.7 Å². The first-order chi connectivity index (χ1) is 8.18. The lowest BCUT2D eigenvalue weighted by Gasteiger charge is -2.26. The molecule has 0 fully saturated rings. The summed E-state index contributed by atoms with van der Waals surface area (Å²) in [5.41, 5.74) is 2.34. The molecule has 0 atom stereocenters. The Labute approximate surface area is 101 Å². The number of hydrogen-bond donors (Lipinski definition) is 0. The Morgan fingerprint density at radius 1 is 1.00 bits per heavy atom. The summed E-state index contributed by atoms with van der Waals surface area (Å²) < 4.78 is 0. The lowest BCUT2D eigenvalue weighted by molar-refractivity contribution is 0.757. The Morgan fingerprint density at radius 2 is 1.59 bits per heavy atom. The summed E-state index contributed by atoms with van der Waals surface area (Å²) in [4.78, 5) is 14.3. The highest BCUT2D eigenvalue weighted by Crippen LogP contribution is 2.24. The van der Waals surface area contributed by atoms with Crippen LogP contribution in [-0.4, -0.2) is 21.0 Å². The molecule has 0 aliphatic carbocycles. The first-order valence-electron chi connectivity index (χ1n) is 5.66. The van der Waals surface area contributed by atoms with E-state index in [4.69, 9.17) is 0 Å². The number of hydrogen-bond acceptors (Lipinski definition) is 4. The fraction of sp³-hybridized carbons (Fsp3) is 0.308. The molecule has 0 radical (unpaired) electrons. The second kappa shape index (κ2) is 4.91. The monoisotopic (exact) mass is 228 g/mol. The Balaban J connectivity index is 2.39. The van der Waals surface area contributed by atoms with E-state index in [-0.39, 0.29) is 0 Å². The van der Waals surface area contributed by atoms with Gasteiger partial charge in [0.1, 0.15) is 12.7 Å². The number of aryl methyl sites for hydroxylation is 1. The molecule has 0 unspecified atom stereocenters. The fourth-order valence-electron chi connectivity index (χ4n) is 1.71. The Morgan fingerprint density at radius 3 is 2.12 bits per heavy atom. The third-order valence-electron chi connectivity index (χ3n) is 2.52. The highest BCUT2D eigenvalue weighted by atomic mass is 15.3. The standard InChI is InChI=1S/C13H16N4/c1-10(2)17(13-15-8-14-9-16-13)12-6-4-11(3)5-7-12/h4-10H,1-3H3. The number of nitrogens with zero attached hydrogens (tertiary/aromatic N) is 4. The van der Waals surface area contributed by atoms with Crippen molar-refractivity contribution in [1.82, 2.24) is 15.0 Å². The van der Waals surface area contributed by atoms with Crippen molar-refractivity contribution in [2.45, 2.75) is 26.8 Å². The zero-order valence-electron chi connectivity index (χ0n) is 10.3. The molecule has 2 aromatic rings. The smallest absolute Gasteiger partial charge is 0.233 e. The van der Waals surface area contributed by atoms with Gasteiger partial charge in [0.2, 0.25) is 5.95 Å². The lowest BCUT2D eigenvalue weighted by atomic mass is 10.2. The molecule has 1 aromatic carbocycles. The summed E-state index contributed by atoms with van der Waals surface area (Å²) in [7, 11) is 0. The van der Waals surface area contributed by atoms with Gasteiger partial charge in [0.25, 0.3) is 0 Å². The van der Waals surface area contributed by atoms with E-state index in [0.29, 0.717) is 12.0 Å². The van der Waals surface area contributed by atoms with E-state index in [2.05, 4.69) is 64.9 Å². The lowest BCUT2D eigenvalue weighted by Crippen LogP contribution is -2.27. The highest BCUT2D eigenvalue weighted by Gasteiger charge is 2.14. The normalized spacial score (nSPS) is 10.6. The van der Waals surface area contributed by atoms with E-state index in [1.807, 2.05) is 0 Å². The van der Waals surface area contributed by atoms with Crippen LogP contribution in [0.2, 0.25) is 0 Å². The maximum atomic E-state index is 4.20. The van der Waals surface area contributed by atoms with Crippen LogP contribution in [0.1, 0.15) is 19.4 Å². The minimum Gasteiger partial charge on any atom is -0.308 e.